The highest BCUT2D eigenvalue weighted by atomic mass is 16.5. The molecule has 8 nitrogen and oxygen atoms in total. The first-order chi connectivity index (χ1) is 9.86. The molecule has 1 unspecified atom stereocenters. The quantitative estimate of drug-likeness (QED) is 0.690. The van der Waals surface area contributed by atoms with E-state index in [-0.39, 0.29) is 0 Å². The zero-order valence-corrected chi connectivity index (χ0v) is 11.7. The van der Waals surface area contributed by atoms with Gasteiger partial charge in [-0.15, -0.1) is 0 Å². The van der Waals surface area contributed by atoms with E-state index >= 15 is 0 Å². The third-order valence-corrected chi connectivity index (χ3v) is 2.75. The number of hydrogen-bond donors (Lipinski definition) is 3. The number of carboxylic acid groups (broad SMARTS) is 1. The van der Waals surface area contributed by atoms with Gasteiger partial charge in [-0.3, -0.25) is 9.69 Å². The number of para-hydroxylation sites is 2. The summed E-state index contributed by atoms with van der Waals surface area (Å²) < 4.78 is 5.12. The number of carboxylic acids is 1. The molecule has 0 aliphatic carbocycles. The lowest BCUT2D eigenvalue weighted by Gasteiger charge is -2.22. The molecule has 0 aliphatic rings. The number of aliphatic carboxylic acids is 1. The van der Waals surface area contributed by atoms with Crippen LogP contribution in [0, 0.1) is 0 Å². The Labute approximate surface area is 121 Å². The topological polar surface area (TPSA) is 122 Å². The van der Waals surface area contributed by atoms with Crippen molar-refractivity contribution in [2.45, 2.75) is 12.5 Å². The van der Waals surface area contributed by atoms with E-state index in [1.807, 2.05) is 0 Å². The van der Waals surface area contributed by atoms with E-state index in [2.05, 4.69) is 5.32 Å². The summed E-state index contributed by atoms with van der Waals surface area (Å²) in [5.41, 5.74) is 5.41. The fraction of sp³-hybridized carbons (Fsp3) is 0.308. The summed E-state index contributed by atoms with van der Waals surface area (Å²) in [6.07, 6.45) is -0.485. The van der Waals surface area contributed by atoms with Crippen LogP contribution in [-0.2, 0) is 9.59 Å². The van der Waals surface area contributed by atoms with Gasteiger partial charge >= 0.3 is 12.0 Å². The molecule has 0 fully saturated rings. The first-order valence-corrected chi connectivity index (χ1v) is 6.05. The molecule has 4 N–H and O–H groups in total. The van der Waals surface area contributed by atoms with Gasteiger partial charge in [0, 0.05) is 7.05 Å². The molecule has 114 valence electrons. The molecule has 0 bridgehead atoms. The van der Waals surface area contributed by atoms with Gasteiger partial charge in [0.1, 0.15) is 11.8 Å². The molecular weight excluding hydrogens is 278 g/mol. The summed E-state index contributed by atoms with van der Waals surface area (Å²) in [6, 6.07) is 4.68. The van der Waals surface area contributed by atoms with Crippen molar-refractivity contribution >= 4 is 23.6 Å². The van der Waals surface area contributed by atoms with E-state index < -0.39 is 30.4 Å². The molecule has 0 saturated heterocycles. The predicted molar refractivity (Wildman–Crippen MR) is 75.2 cm³/mol. The third kappa shape index (κ3) is 4.37. The molecule has 1 rings (SSSR count). The van der Waals surface area contributed by atoms with Crippen LogP contribution in [0.1, 0.15) is 6.42 Å². The fourth-order valence-corrected chi connectivity index (χ4v) is 1.66. The maximum atomic E-state index is 12.1. The number of rotatable bonds is 6. The number of benzene rings is 1. The number of carbonyl (C=O) groups is 3. The van der Waals surface area contributed by atoms with Crippen molar-refractivity contribution in [2.24, 2.45) is 5.73 Å². The molecule has 1 atom stereocenters. The number of hydrogen-bond acceptors (Lipinski definition) is 4. The second kappa shape index (κ2) is 7.13. The summed E-state index contributed by atoms with van der Waals surface area (Å²) in [5, 5.41) is 11.2. The van der Waals surface area contributed by atoms with Crippen molar-refractivity contribution in [3.05, 3.63) is 24.3 Å². The monoisotopic (exact) mass is 295 g/mol. The van der Waals surface area contributed by atoms with Crippen LogP contribution in [0.25, 0.3) is 0 Å². The Balaban J connectivity index is 2.86. The average Bonchev–Trinajstić information content (AvgIpc) is 2.45. The fourth-order valence-electron chi connectivity index (χ4n) is 1.66. The number of primary amides is 1. The Morgan fingerprint density at radius 3 is 2.52 bits per heavy atom. The largest absolute Gasteiger partial charge is 0.495 e. The van der Waals surface area contributed by atoms with Gasteiger partial charge in [0.05, 0.1) is 19.2 Å². The minimum absolute atomic E-state index is 0.455. The number of methoxy groups -OCH3 is 1. The number of anilines is 1. The molecule has 0 aliphatic heterocycles. The average molecular weight is 295 g/mol. The zero-order valence-electron chi connectivity index (χ0n) is 11.7. The number of nitrogens with zero attached hydrogens (tertiary/aromatic N) is 1. The molecule has 1 aromatic rings. The van der Waals surface area contributed by atoms with Crippen molar-refractivity contribution in [2.75, 3.05) is 19.1 Å². The van der Waals surface area contributed by atoms with Crippen LogP contribution in [0.4, 0.5) is 10.5 Å². The summed E-state index contributed by atoms with van der Waals surface area (Å²) in [7, 11) is 2.91. The Kier molecular flexibility index (Phi) is 5.53. The van der Waals surface area contributed by atoms with Gasteiger partial charge in [0.2, 0.25) is 5.91 Å². The van der Waals surface area contributed by atoms with Crippen LogP contribution in [-0.4, -0.2) is 43.2 Å². The summed E-state index contributed by atoms with van der Waals surface area (Å²) in [5.74, 6) is -1.70. The van der Waals surface area contributed by atoms with Crippen molar-refractivity contribution in [1.29, 1.82) is 0 Å². The minimum Gasteiger partial charge on any atom is -0.495 e. The van der Waals surface area contributed by atoms with Crippen LogP contribution in [0.15, 0.2) is 24.3 Å². The first-order valence-electron chi connectivity index (χ1n) is 6.05. The summed E-state index contributed by atoms with van der Waals surface area (Å²) in [4.78, 5) is 35.0. The van der Waals surface area contributed by atoms with Crippen molar-refractivity contribution in [3.8, 4) is 5.75 Å². The van der Waals surface area contributed by atoms with Crippen LogP contribution < -0.4 is 20.7 Å². The minimum atomic E-state index is -1.38. The zero-order chi connectivity index (χ0) is 16.0. The van der Waals surface area contributed by atoms with Gasteiger partial charge < -0.3 is 20.9 Å². The van der Waals surface area contributed by atoms with Crippen LogP contribution in [0.5, 0.6) is 5.75 Å². The molecule has 0 saturated carbocycles. The maximum Gasteiger partial charge on any atom is 0.326 e. The molecule has 0 spiro atoms. The normalized spacial score (nSPS) is 11.3. The van der Waals surface area contributed by atoms with Crippen molar-refractivity contribution in [1.82, 2.24) is 5.32 Å². The second-order valence-electron chi connectivity index (χ2n) is 4.24. The van der Waals surface area contributed by atoms with E-state index in [4.69, 9.17) is 15.6 Å². The number of carbonyl (C=O) groups excluding carboxylic acids is 2. The van der Waals surface area contributed by atoms with Gasteiger partial charge in [0.15, 0.2) is 0 Å². The van der Waals surface area contributed by atoms with Crippen LogP contribution >= 0.6 is 0 Å². The Hall–Kier alpha value is -2.77. The highest BCUT2D eigenvalue weighted by Crippen LogP contribution is 2.26. The number of nitrogens with two attached hydrogens (primary N) is 1. The van der Waals surface area contributed by atoms with Gasteiger partial charge in [-0.1, -0.05) is 12.1 Å². The van der Waals surface area contributed by atoms with Gasteiger partial charge in [-0.25, -0.2) is 9.59 Å². The van der Waals surface area contributed by atoms with Crippen LogP contribution in [0.2, 0.25) is 0 Å². The lowest BCUT2D eigenvalue weighted by molar-refractivity contribution is -0.140. The molecule has 8 heteroatoms. The van der Waals surface area contributed by atoms with E-state index in [0.29, 0.717) is 11.4 Å². The van der Waals surface area contributed by atoms with Gasteiger partial charge in [-0.05, 0) is 12.1 Å². The Morgan fingerprint density at radius 2 is 2.00 bits per heavy atom. The van der Waals surface area contributed by atoms with E-state index in [9.17, 15) is 14.4 Å². The Morgan fingerprint density at radius 1 is 1.38 bits per heavy atom. The Bertz CT molecular complexity index is 546. The summed E-state index contributed by atoms with van der Waals surface area (Å²) >= 11 is 0. The summed E-state index contributed by atoms with van der Waals surface area (Å²) in [6.45, 7) is 0. The highest BCUT2D eigenvalue weighted by Gasteiger charge is 2.24. The van der Waals surface area contributed by atoms with Crippen molar-refractivity contribution < 1.29 is 24.2 Å². The number of ether oxygens (including phenoxy) is 1. The molecule has 0 radical (unpaired) electrons. The number of urea groups is 1. The molecule has 0 aromatic heterocycles. The highest BCUT2D eigenvalue weighted by molar-refractivity contribution is 5.96. The van der Waals surface area contributed by atoms with Crippen molar-refractivity contribution in [3.63, 3.8) is 0 Å². The molecule has 21 heavy (non-hydrogen) atoms. The van der Waals surface area contributed by atoms with E-state index in [1.54, 1.807) is 24.3 Å². The lowest BCUT2D eigenvalue weighted by atomic mass is 10.2. The first kappa shape index (κ1) is 16.3. The number of nitrogens with one attached hydrogen (secondary N) is 1. The van der Waals surface area contributed by atoms with E-state index in [0.717, 1.165) is 0 Å². The smallest absolute Gasteiger partial charge is 0.326 e. The SMILES string of the molecule is COc1ccccc1N(C)C(=O)NC(CC(N)=O)C(=O)O. The standard InChI is InChI=1S/C13H17N3O5/c1-16(9-5-3-4-6-10(9)21-2)13(20)15-8(12(18)19)7-11(14)17/h3-6,8H,7H2,1-2H3,(H2,14,17)(H,15,20)(H,18,19). The van der Waals surface area contributed by atoms with Crippen LogP contribution in [0.3, 0.4) is 0 Å². The number of amides is 3. The predicted octanol–water partition coefficient (Wildman–Crippen LogP) is 0.170. The van der Waals surface area contributed by atoms with E-state index in [1.165, 1.54) is 19.1 Å². The van der Waals surface area contributed by atoms with Gasteiger partial charge in [-0.2, -0.15) is 0 Å². The third-order valence-electron chi connectivity index (χ3n) is 2.75. The maximum absolute atomic E-state index is 12.1. The molecule has 1 aromatic carbocycles. The van der Waals surface area contributed by atoms with Gasteiger partial charge in [0.25, 0.3) is 0 Å². The second-order valence-corrected chi connectivity index (χ2v) is 4.24. The molecule has 3 amide bonds. The molecule has 0 heterocycles. The molecular formula is C13H17N3O5. The lowest BCUT2D eigenvalue weighted by Crippen LogP contribution is -2.48.